The topological polar surface area (TPSA) is 49.4 Å². The Bertz CT molecular complexity index is 213. The minimum absolute atomic E-state index is 0.617. The van der Waals surface area contributed by atoms with E-state index >= 15 is 0 Å². The summed E-state index contributed by atoms with van der Waals surface area (Å²) in [6, 6.07) is 5.46. The van der Waals surface area contributed by atoms with Crippen molar-refractivity contribution in [3.8, 4) is 5.88 Å². The zero-order chi connectivity index (χ0) is 7.40. The quantitative estimate of drug-likeness (QED) is 0.648. The summed E-state index contributed by atoms with van der Waals surface area (Å²) in [7, 11) is 0. The van der Waals surface area contributed by atoms with E-state index in [1.165, 1.54) is 0 Å². The van der Waals surface area contributed by atoms with Gasteiger partial charge in [0, 0.05) is 12.1 Å². The van der Waals surface area contributed by atoms with E-state index in [1.807, 2.05) is 19.1 Å². The molecule has 0 aliphatic carbocycles. The highest BCUT2D eigenvalue weighted by Gasteiger charge is 1.96. The van der Waals surface area contributed by atoms with Crippen molar-refractivity contribution in [2.45, 2.75) is 6.92 Å². The average molecular weight is 139 g/mol. The van der Waals surface area contributed by atoms with Crippen molar-refractivity contribution in [1.29, 1.82) is 0 Å². The Kier molecular flexibility index (Phi) is 2.10. The van der Waals surface area contributed by atoms with E-state index in [2.05, 4.69) is 4.98 Å². The van der Waals surface area contributed by atoms with Crippen LogP contribution in [0.3, 0.4) is 0 Å². The first-order valence-corrected chi connectivity index (χ1v) is 3.23. The molecule has 0 fully saturated rings. The first-order valence-electron chi connectivity index (χ1n) is 3.23. The lowest BCUT2D eigenvalue weighted by Crippen LogP contribution is -2.13. The van der Waals surface area contributed by atoms with E-state index < -0.39 is 0 Å². The monoisotopic (exact) mass is 139 g/mol. The van der Waals surface area contributed by atoms with Crippen molar-refractivity contribution < 1.29 is 9.72 Å². The van der Waals surface area contributed by atoms with Crippen molar-refractivity contribution in [3.05, 3.63) is 18.2 Å². The highest BCUT2D eigenvalue weighted by atomic mass is 16.5. The molecule has 54 valence electrons. The number of pyridine rings is 1. The van der Waals surface area contributed by atoms with Gasteiger partial charge in [-0.1, -0.05) is 0 Å². The summed E-state index contributed by atoms with van der Waals surface area (Å²) in [5, 5.41) is 0. The van der Waals surface area contributed by atoms with Gasteiger partial charge in [0.05, 0.1) is 6.61 Å². The first kappa shape index (κ1) is 6.86. The maximum atomic E-state index is 5.45. The normalized spacial score (nSPS) is 9.30. The number of nitrogens with two attached hydrogens (primary N) is 1. The molecule has 3 nitrogen and oxygen atoms in total. The number of hydrogen-bond acceptors (Lipinski definition) is 2. The van der Waals surface area contributed by atoms with Crippen LogP contribution in [0.5, 0.6) is 5.88 Å². The van der Waals surface area contributed by atoms with Crippen LogP contribution < -0.4 is 15.5 Å². The molecular formula is C7H11N2O+. The molecule has 10 heavy (non-hydrogen) atoms. The second kappa shape index (κ2) is 3.06. The average Bonchev–Trinajstić information content (AvgIpc) is 1.88. The number of aromatic nitrogens is 1. The molecule has 0 atom stereocenters. The molecule has 0 unspecified atom stereocenters. The fourth-order valence-corrected chi connectivity index (χ4v) is 0.704. The van der Waals surface area contributed by atoms with Gasteiger partial charge in [0.1, 0.15) is 0 Å². The summed E-state index contributed by atoms with van der Waals surface area (Å²) < 4.78 is 5.15. The van der Waals surface area contributed by atoms with Crippen molar-refractivity contribution in [2.75, 3.05) is 12.3 Å². The lowest BCUT2D eigenvalue weighted by molar-refractivity contribution is -0.377. The molecular weight excluding hydrogens is 128 g/mol. The number of hydrogen-bond donors (Lipinski definition) is 1. The predicted molar refractivity (Wildman–Crippen MR) is 38.6 cm³/mol. The Morgan fingerprint density at radius 3 is 3.00 bits per heavy atom. The van der Waals surface area contributed by atoms with Crippen LogP contribution in [0.15, 0.2) is 18.2 Å². The van der Waals surface area contributed by atoms with Gasteiger partial charge in [-0.2, -0.15) is 0 Å². The van der Waals surface area contributed by atoms with Gasteiger partial charge in [0.2, 0.25) is 0 Å². The summed E-state index contributed by atoms with van der Waals surface area (Å²) in [6.07, 6.45) is 0. The largest absolute Gasteiger partial charge is 0.463 e. The smallest absolute Gasteiger partial charge is 0.281 e. The Hall–Kier alpha value is -1.25. The van der Waals surface area contributed by atoms with Gasteiger partial charge in [-0.05, 0) is 13.0 Å². The Morgan fingerprint density at radius 1 is 1.60 bits per heavy atom. The molecule has 1 rings (SSSR count). The van der Waals surface area contributed by atoms with Crippen LogP contribution in [-0.2, 0) is 0 Å². The van der Waals surface area contributed by atoms with Gasteiger partial charge in [-0.25, -0.2) is 4.98 Å². The Labute approximate surface area is 59.8 Å². The van der Waals surface area contributed by atoms with E-state index in [4.69, 9.17) is 10.5 Å². The minimum Gasteiger partial charge on any atom is -0.463 e. The summed E-state index contributed by atoms with van der Waals surface area (Å²) in [5.74, 6) is 1.33. The second-order valence-corrected chi connectivity index (χ2v) is 1.90. The third kappa shape index (κ3) is 1.62. The molecule has 0 bridgehead atoms. The highest BCUT2D eigenvalue weighted by Crippen LogP contribution is 2.00. The summed E-state index contributed by atoms with van der Waals surface area (Å²) in [4.78, 5) is 2.86. The molecule has 1 aromatic rings. The third-order valence-corrected chi connectivity index (χ3v) is 1.09. The lowest BCUT2D eigenvalue weighted by atomic mass is 10.4. The third-order valence-electron chi connectivity index (χ3n) is 1.09. The number of aromatic amines is 1. The second-order valence-electron chi connectivity index (χ2n) is 1.90. The Balaban J connectivity index is 2.75. The lowest BCUT2D eigenvalue weighted by Gasteiger charge is -1.96. The highest BCUT2D eigenvalue weighted by molar-refractivity contribution is 5.21. The molecule has 0 amide bonds. The molecule has 3 N–H and O–H groups in total. The number of H-pyrrole nitrogens is 1. The van der Waals surface area contributed by atoms with Crippen molar-refractivity contribution in [1.82, 2.24) is 0 Å². The Morgan fingerprint density at radius 2 is 2.40 bits per heavy atom. The molecule has 0 aliphatic heterocycles. The van der Waals surface area contributed by atoms with E-state index in [1.54, 1.807) is 6.07 Å². The van der Waals surface area contributed by atoms with Crippen LogP contribution >= 0.6 is 0 Å². The number of anilines is 1. The number of nitrogen functional groups attached to an aromatic ring is 1. The number of nitrogens with one attached hydrogen (secondary N) is 1. The summed E-state index contributed by atoms with van der Waals surface area (Å²) in [5.41, 5.74) is 5.45. The van der Waals surface area contributed by atoms with Crippen molar-refractivity contribution >= 4 is 5.82 Å². The van der Waals surface area contributed by atoms with E-state index in [-0.39, 0.29) is 0 Å². The maximum absolute atomic E-state index is 5.45. The van der Waals surface area contributed by atoms with Gasteiger partial charge in [-0.3, -0.25) is 5.73 Å². The van der Waals surface area contributed by atoms with Crippen LogP contribution in [-0.4, -0.2) is 6.61 Å². The zero-order valence-electron chi connectivity index (χ0n) is 5.92. The van der Waals surface area contributed by atoms with E-state index in [9.17, 15) is 0 Å². The molecule has 0 aliphatic rings. The van der Waals surface area contributed by atoms with Gasteiger partial charge < -0.3 is 4.74 Å². The van der Waals surface area contributed by atoms with Gasteiger partial charge in [-0.15, -0.1) is 0 Å². The fourth-order valence-electron chi connectivity index (χ4n) is 0.704. The predicted octanol–water partition coefficient (Wildman–Crippen LogP) is 0.482. The SMILES string of the molecule is CCOc1cccc(N)[nH+]1. The molecule has 1 aromatic heterocycles. The number of ether oxygens (including phenoxy) is 1. The van der Waals surface area contributed by atoms with Crippen LogP contribution in [0.2, 0.25) is 0 Å². The molecule has 1 heterocycles. The zero-order valence-corrected chi connectivity index (χ0v) is 5.92. The van der Waals surface area contributed by atoms with Gasteiger partial charge >= 0.3 is 0 Å². The first-order chi connectivity index (χ1) is 4.83. The van der Waals surface area contributed by atoms with Gasteiger partial charge in [0.15, 0.2) is 0 Å². The molecule has 0 aromatic carbocycles. The van der Waals surface area contributed by atoms with Crippen LogP contribution in [0.4, 0.5) is 5.82 Å². The molecule has 0 spiro atoms. The standard InChI is InChI=1S/C7H10N2O/c1-2-10-7-5-3-4-6(8)9-7/h3-5H,2H2,1H3,(H2,8,9)/p+1. The molecule has 0 saturated heterocycles. The molecule has 0 radical (unpaired) electrons. The van der Waals surface area contributed by atoms with Crippen molar-refractivity contribution in [3.63, 3.8) is 0 Å². The van der Waals surface area contributed by atoms with Crippen LogP contribution in [0.25, 0.3) is 0 Å². The van der Waals surface area contributed by atoms with E-state index in [0.717, 1.165) is 0 Å². The molecule has 0 saturated carbocycles. The maximum Gasteiger partial charge on any atom is 0.281 e. The fraction of sp³-hybridized carbons (Fsp3) is 0.286. The van der Waals surface area contributed by atoms with Crippen molar-refractivity contribution in [2.24, 2.45) is 0 Å². The number of rotatable bonds is 2. The van der Waals surface area contributed by atoms with Crippen LogP contribution in [0, 0.1) is 0 Å². The summed E-state index contributed by atoms with van der Waals surface area (Å²) in [6.45, 7) is 2.58. The molecule has 3 heteroatoms. The van der Waals surface area contributed by atoms with Crippen LogP contribution in [0.1, 0.15) is 6.92 Å². The van der Waals surface area contributed by atoms with E-state index in [0.29, 0.717) is 18.3 Å². The minimum atomic E-state index is 0.617. The van der Waals surface area contributed by atoms with Gasteiger partial charge in [0.25, 0.3) is 11.7 Å². The summed E-state index contributed by atoms with van der Waals surface area (Å²) >= 11 is 0.